The second kappa shape index (κ2) is 8.60. The number of halogens is 3. The first-order valence-electron chi connectivity index (χ1n) is 5.00. The summed E-state index contributed by atoms with van der Waals surface area (Å²) in [6.07, 6.45) is -0.892. The van der Waals surface area contributed by atoms with Crippen molar-refractivity contribution in [2.24, 2.45) is 0 Å². The van der Waals surface area contributed by atoms with Gasteiger partial charge in [0.1, 0.15) is 0 Å². The number of hydrogen-bond acceptors (Lipinski definition) is 1. The molecule has 0 aromatic heterocycles. The van der Waals surface area contributed by atoms with Crippen molar-refractivity contribution in [3.63, 3.8) is 0 Å². The standard InChI is InChI=1S/C11H16F3O/c1-2-9-15-10-7-5-3-4-6-8-11(12,13)14/h1-5,7,9-10H2. The molecule has 0 atom stereocenters. The largest absolute Gasteiger partial charge is 0.457 e. The SMILES string of the molecule is [CH2]CCOCCCCCC#CC(F)(F)F. The van der Waals surface area contributed by atoms with Gasteiger partial charge in [0.15, 0.2) is 0 Å². The summed E-state index contributed by atoms with van der Waals surface area (Å²) in [6, 6.07) is 0. The van der Waals surface area contributed by atoms with Crippen molar-refractivity contribution in [2.75, 3.05) is 13.2 Å². The average Bonchev–Trinajstić information content (AvgIpc) is 2.14. The molecule has 4 heteroatoms. The predicted molar refractivity (Wildman–Crippen MR) is 53.1 cm³/mol. The van der Waals surface area contributed by atoms with Gasteiger partial charge in [-0.15, -0.1) is 0 Å². The molecule has 0 saturated carbocycles. The quantitative estimate of drug-likeness (QED) is 0.473. The highest BCUT2D eigenvalue weighted by molar-refractivity contribution is 5.04. The molecule has 0 saturated heterocycles. The normalized spacial score (nSPS) is 10.9. The van der Waals surface area contributed by atoms with Crippen LogP contribution in [0.5, 0.6) is 0 Å². The lowest BCUT2D eigenvalue weighted by Gasteiger charge is -2.00. The molecule has 15 heavy (non-hydrogen) atoms. The number of hydrogen-bond donors (Lipinski definition) is 0. The van der Waals surface area contributed by atoms with Gasteiger partial charge in [0.05, 0.1) is 0 Å². The Bertz CT molecular complexity index is 200. The summed E-state index contributed by atoms with van der Waals surface area (Å²) in [5.74, 6) is 3.35. The molecule has 0 N–H and O–H groups in total. The predicted octanol–water partition coefficient (Wildman–Crippen LogP) is 3.35. The van der Waals surface area contributed by atoms with Gasteiger partial charge in [0.25, 0.3) is 0 Å². The summed E-state index contributed by atoms with van der Waals surface area (Å²) in [4.78, 5) is 0. The van der Waals surface area contributed by atoms with Gasteiger partial charge in [-0.1, -0.05) is 19.3 Å². The molecule has 0 bridgehead atoms. The van der Waals surface area contributed by atoms with Gasteiger partial charge in [0, 0.05) is 25.6 Å². The fourth-order valence-corrected chi connectivity index (χ4v) is 0.961. The van der Waals surface area contributed by atoms with Crippen molar-refractivity contribution in [3.05, 3.63) is 6.92 Å². The fourth-order valence-electron chi connectivity index (χ4n) is 0.961. The molecule has 0 aromatic rings. The van der Waals surface area contributed by atoms with Gasteiger partial charge in [0.2, 0.25) is 0 Å². The highest BCUT2D eigenvalue weighted by Gasteiger charge is 2.22. The van der Waals surface area contributed by atoms with E-state index in [1.807, 2.05) is 0 Å². The number of ether oxygens (including phenoxy) is 1. The molecule has 0 fully saturated rings. The summed E-state index contributed by atoms with van der Waals surface area (Å²) >= 11 is 0. The number of alkyl halides is 3. The van der Waals surface area contributed by atoms with Gasteiger partial charge < -0.3 is 4.74 Å². The molecule has 0 amide bonds. The van der Waals surface area contributed by atoms with Crippen LogP contribution in [-0.2, 0) is 4.74 Å². The topological polar surface area (TPSA) is 9.23 Å². The van der Waals surface area contributed by atoms with Crippen LogP contribution in [0.15, 0.2) is 0 Å². The van der Waals surface area contributed by atoms with E-state index >= 15 is 0 Å². The lowest BCUT2D eigenvalue weighted by atomic mass is 10.2. The number of rotatable bonds is 7. The Morgan fingerprint density at radius 3 is 2.40 bits per heavy atom. The molecule has 0 aromatic carbocycles. The molecule has 0 aliphatic heterocycles. The summed E-state index contributed by atoms with van der Waals surface area (Å²) in [5, 5.41) is 0. The molecule has 0 rings (SSSR count). The molecular weight excluding hydrogens is 205 g/mol. The van der Waals surface area contributed by atoms with E-state index in [9.17, 15) is 13.2 Å². The highest BCUT2D eigenvalue weighted by Crippen LogP contribution is 2.12. The van der Waals surface area contributed by atoms with Crippen LogP contribution in [0.2, 0.25) is 0 Å². The van der Waals surface area contributed by atoms with Crippen LogP contribution < -0.4 is 0 Å². The first kappa shape index (κ1) is 14.3. The molecule has 0 unspecified atom stereocenters. The van der Waals surface area contributed by atoms with Crippen LogP contribution in [0, 0.1) is 18.8 Å². The van der Waals surface area contributed by atoms with E-state index in [1.54, 1.807) is 0 Å². The van der Waals surface area contributed by atoms with E-state index < -0.39 is 6.18 Å². The summed E-state index contributed by atoms with van der Waals surface area (Å²) in [7, 11) is 0. The summed E-state index contributed by atoms with van der Waals surface area (Å²) in [6.45, 7) is 4.92. The van der Waals surface area contributed by atoms with Gasteiger partial charge in [-0.2, -0.15) is 13.2 Å². The Kier molecular flexibility index (Phi) is 8.21. The zero-order valence-electron chi connectivity index (χ0n) is 8.70. The van der Waals surface area contributed by atoms with Crippen LogP contribution in [-0.4, -0.2) is 19.4 Å². The molecule has 0 aliphatic rings. The van der Waals surface area contributed by atoms with Gasteiger partial charge in [-0.25, -0.2) is 0 Å². The molecule has 1 radical (unpaired) electrons. The highest BCUT2D eigenvalue weighted by atomic mass is 19.4. The van der Waals surface area contributed by atoms with Crippen molar-refractivity contribution in [1.82, 2.24) is 0 Å². The second-order valence-electron chi connectivity index (χ2n) is 3.08. The van der Waals surface area contributed by atoms with Crippen LogP contribution in [0.4, 0.5) is 13.2 Å². The maximum absolute atomic E-state index is 11.6. The van der Waals surface area contributed by atoms with Crippen molar-refractivity contribution in [2.45, 2.75) is 38.3 Å². The van der Waals surface area contributed by atoms with E-state index in [0.29, 0.717) is 26.1 Å². The Labute approximate surface area is 89.0 Å². The first-order chi connectivity index (χ1) is 7.06. The molecule has 1 nitrogen and oxygen atoms in total. The lowest BCUT2D eigenvalue weighted by Crippen LogP contribution is -2.01. The van der Waals surface area contributed by atoms with Gasteiger partial charge in [-0.3, -0.25) is 0 Å². The van der Waals surface area contributed by atoms with E-state index in [1.165, 1.54) is 5.92 Å². The minimum atomic E-state index is -4.35. The van der Waals surface area contributed by atoms with Crippen molar-refractivity contribution >= 4 is 0 Å². The molecular formula is C11H16F3O. The summed E-state index contributed by atoms with van der Waals surface area (Å²) < 4.78 is 39.9. The monoisotopic (exact) mass is 221 g/mol. The maximum atomic E-state index is 11.6. The van der Waals surface area contributed by atoms with Crippen LogP contribution in [0.1, 0.15) is 32.1 Å². The van der Waals surface area contributed by atoms with Crippen LogP contribution >= 0.6 is 0 Å². The van der Waals surface area contributed by atoms with E-state index in [0.717, 1.165) is 19.3 Å². The van der Waals surface area contributed by atoms with Gasteiger partial charge in [-0.05, 0) is 19.3 Å². The minimum absolute atomic E-state index is 0.300. The van der Waals surface area contributed by atoms with Gasteiger partial charge >= 0.3 is 6.18 Å². The third-order valence-electron chi connectivity index (χ3n) is 1.61. The minimum Gasteiger partial charge on any atom is -0.381 e. The Balaban J connectivity index is 3.21. The summed E-state index contributed by atoms with van der Waals surface area (Å²) in [5.41, 5.74) is 0. The average molecular weight is 221 g/mol. The molecule has 0 spiro atoms. The Hall–Kier alpha value is -0.690. The first-order valence-corrected chi connectivity index (χ1v) is 5.00. The van der Waals surface area contributed by atoms with Crippen LogP contribution in [0.3, 0.4) is 0 Å². The van der Waals surface area contributed by atoms with Crippen LogP contribution in [0.25, 0.3) is 0 Å². The zero-order valence-corrected chi connectivity index (χ0v) is 8.70. The smallest absolute Gasteiger partial charge is 0.381 e. The molecule has 0 aliphatic carbocycles. The molecule has 87 valence electrons. The fraction of sp³-hybridized carbons (Fsp3) is 0.727. The molecule has 0 heterocycles. The third-order valence-corrected chi connectivity index (χ3v) is 1.61. The lowest BCUT2D eigenvalue weighted by molar-refractivity contribution is -0.0697. The zero-order chi connectivity index (χ0) is 11.6. The van der Waals surface area contributed by atoms with Crippen molar-refractivity contribution in [3.8, 4) is 11.8 Å². The van der Waals surface area contributed by atoms with E-state index in [4.69, 9.17) is 4.74 Å². The maximum Gasteiger partial charge on any atom is 0.457 e. The number of unbranched alkanes of at least 4 members (excludes halogenated alkanes) is 3. The van der Waals surface area contributed by atoms with E-state index in [-0.39, 0.29) is 0 Å². The Morgan fingerprint density at radius 1 is 1.07 bits per heavy atom. The van der Waals surface area contributed by atoms with Crippen molar-refractivity contribution in [1.29, 1.82) is 0 Å². The third kappa shape index (κ3) is 13.3. The Morgan fingerprint density at radius 2 is 1.80 bits per heavy atom. The van der Waals surface area contributed by atoms with Crippen molar-refractivity contribution < 1.29 is 17.9 Å². The van der Waals surface area contributed by atoms with E-state index in [2.05, 4.69) is 12.8 Å². The second-order valence-corrected chi connectivity index (χ2v) is 3.08.